The van der Waals surface area contributed by atoms with E-state index in [0.717, 1.165) is 48.9 Å². The molecule has 0 saturated carbocycles. The van der Waals surface area contributed by atoms with Gasteiger partial charge in [-0.1, -0.05) is 44.9 Å². The fraction of sp³-hybridized carbons (Fsp3) is 0.545. The molecule has 2 heterocycles. The Morgan fingerprint density at radius 3 is 2.60 bits per heavy atom. The minimum Gasteiger partial charge on any atom is -0.364 e. The summed E-state index contributed by atoms with van der Waals surface area (Å²) in [4.78, 5) is 23.6. The summed E-state index contributed by atoms with van der Waals surface area (Å²) in [6.07, 6.45) is 8.26. The van der Waals surface area contributed by atoms with Gasteiger partial charge in [-0.05, 0) is 31.0 Å². The summed E-state index contributed by atoms with van der Waals surface area (Å²) in [5, 5.41) is 12.9. The molecule has 1 aromatic carbocycles. The summed E-state index contributed by atoms with van der Waals surface area (Å²) in [6, 6.07) is 5.62. The lowest BCUT2D eigenvalue weighted by molar-refractivity contribution is -0.109. The Kier molecular flexibility index (Phi) is 12.2. The molecule has 166 valence electrons. The summed E-state index contributed by atoms with van der Waals surface area (Å²) in [5.74, 6) is 0. The predicted octanol–water partition coefficient (Wildman–Crippen LogP) is 2.04. The normalized spacial score (nSPS) is 15.2. The van der Waals surface area contributed by atoms with Crippen molar-refractivity contribution >= 4 is 18.3 Å². The first-order valence-electron chi connectivity index (χ1n) is 10.5. The number of aldehydes is 2. The zero-order chi connectivity index (χ0) is 22.4. The number of anilines is 1. The Balaban J connectivity index is 0.000000309. The lowest BCUT2D eigenvalue weighted by Crippen LogP contribution is -2.29. The van der Waals surface area contributed by atoms with Gasteiger partial charge in [-0.3, -0.25) is 0 Å². The Morgan fingerprint density at radius 2 is 2.07 bits per heavy atom. The average Bonchev–Trinajstić information content (AvgIpc) is 3.40. The molecule has 0 radical (unpaired) electrons. The maximum absolute atomic E-state index is 11.0. The van der Waals surface area contributed by atoms with Crippen LogP contribution in [0.3, 0.4) is 0 Å². The molecular formula is C22H36N6O2. The molecule has 0 saturated heterocycles. The van der Waals surface area contributed by atoms with E-state index >= 15 is 0 Å². The van der Waals surface area contributed by atoms with Gasteiger partial charge in [-0.15, -0.1) is 0 Å². The summed E-state index contributed by atoms with van der Waals surface area (Å²) in [6.45, 7) is 5.14. The quantitative estimate of drug-likeness (QED) is 0.564. The number of aromatic amines is 1. The molecule has 1 aliphatic rings. The number of carbonyl (C=O) groups excluding carboxylic acids is 2. The van der Waals surface area contributed by atoms with Crippen LogP contribution in [0.25, 0.3) is 0 Å². The Bertz CT molecular complexity index is 733. The van der Waals surface area contributed by atoms with Crippen molar-refractivity contribution in [1.82, 2.24) is 20.7 Å². The van der Waals surface area contributed by atoms with E-state index in [4.69, 9.17) is 5.73 Å². The van der Waals surface area contributed by atoms with Crippen molar-refractivity contribution in [3.05, 3.63) is 41.2 Å². The molecule has 2 unspecified atom stereocenters. The van der Waals surface area contributed by atoms with Gasteiger partial charge < -0.3 is 25.5 Å². The third-order valence-corrected chi connectivity index (χ3v) is 4.88. The fourth-order valence-corrected chi connectivity index (χ4v) is 3.01. The number of benzene rings is 1. The van der Waals surface area contributed by atoms with Gasteiger partial charge in [-0.2, -0.15) is 15.4 Å². The summed E-state index contributed by atoms with van der Waals surface area (Å²) >= 11 is 0. The van der Waals surface area contributed by atoms with Gasteiger partial charge in [0.25, 0.3) is 0 Å². The van der Waals surface area contributed by atoms with Crippen LogP contribution in [0.4, 0.5) is 5.69 Å². The van der Waals surface area contributed by atoms with Crippen molar-refractivity contribution in [2.45, 2.75) is 64.6 Å². The standard InChI is InChI=1S/C14H18N2O2.C4H8N4.C4H10/c1-16-13(9-18)7-11-4-2-3-10(14(11)16)5-6-12(15)8-17;1-5-2-4-3-6-8-7-4;1-3-4-2/h2-4,8-9,12-13H,5-7,15H2,1H3;3,5H,2H2,1H3,(H,6,7,8);3-4H2,1-2H3. The second-order valence-electron chi connectivity index (χ2n) is 7.27. The lowest BCUT2D eigenvalue weighted by Gasteiger charge is -2.20. The molecule has 8 heteroatoms. The molecule has 30 heavy (non-hydrogen) atoms. The number of nitrogens with one attached hydrogen (secondary N) is 2. The predicted molar refractivity (Wildman–Crippen MR) is 120 cm³/mol. The Morgan fingerprint density at radius 1 is 1.33 bits per heavy atom. The maximum Gasteiger partial charge on any atom is 0.142 e. The highest BCUT2D eigenvalue weighted by atomic mass is 16.1. The van der Waals surface area contributed by atoms with E-state index in [1.165, 1.54) is 18.4 Å². The van der Waals surface area contributed by atoms with E-state index in [9.17, 15) is 9.59 Å². The van der Waals surface area contributed by atoms with E-state index in [2.05, 4.69) is 40.6 Å². The van der Waals surface area contributed by atoms with Gasteiger partial charge in [0.1, 0.15) is 12.6 Å². The van der Waals surface area contributed by atoms with Gasteiger partial charge in [0.15, 0.2) is 0 Å². The average molecular weight is 417 g/mol. The maximum atomic E-state index is 11.0. The summed E-state index contributed by atoms with van der Waals surface area (Å²) in [5.41, 5.74) is 10.1. The summed E-state index contributed by atoms with van der Waals surface area (Å²) < 4.78 is 0. The van der Waals surface area contributed by atoms with Crippen molar-refractivity contribution in [3.8, 4) is 0 Å². The van der Waals surface area contributed by atoms with Crippen molar-refractivity contribution in [2.24, 2.45) is 5.73 Å². The van der Waals surface area contributed by atoms with Crippen LogP contribution in [0, 0.1) is 0 Å². The van der Waals surface area contributed by atoms with Crippen LogP contribution in [0.15, 0.2) is 24.4 Å². The van der Waals surface area contributed by atoms with Crippen molar-refractivity contribution in [3.63, 3.8) is 0 Å². The largest absolute Gasteiger partial charge is 0.364 e. The van der Waals surface area contributed by atoms with Crippen LogP contribution in [-0.2, 0) is 29.0 Å². The smallest absolute Gasteiger partial charge is 0.142 e. The third kappa shape index (κ3) is 8.04. The van der Waals surface area contributed by atoms with E-state index in [1.54, 1.807) is 6.20 Å². The molecule has 0 bridgehead atoms. The molecule has 8 nitrogen and oxygen atoms in total. The SMILES string of the molecule is CCCC.CN1c2c(CCC(N)C=O)cccc2CC1C=O.CNCc1cn[nH]n1. The van der Waals surface area contributed by atoms with E-state index < -0.39 is 6.04 Å². The second-order valence-corrected chi connectivity index (χ2v) is 7.27. The van der Waals surface area contributed by atoms with E-state index in [1.807, 2.05) is 31.1 Å². The molecule has 0 fully saturated rings. The molecule has 0 aliphatic carbocycles. The number of hydrogen-bond donors (Lipinski definition) is 3. The van der Waals surface area contributed by atoms with Gasteiger partial charge in [-0.25, -0.2) is 0 Å². The molecule has 3 rings (SSSR count). The van der Waals surface area contributed by atoms with Crippen molar-refractivity contribution in [2.75, 3.05) is 19.0 Å². The number of para-hydroxylation sites is 1. The number of unbranched alkanes of at least 4 members (excludes halogenated alkanes) is 1. The number of hydrogen-bond acceptors (Lipinski definition) is 7. The Labute approximate surface area is 179 Å². The molecule has 1 aliphatic heterocycles. The number of carbonyl (C=O) groups is 2. The first-order chi connectivity index (χ1) is 14.5. The Hall–Kier alpha value is -2.58. The van der Waals surface area contributed by atoms with E-state index in [-0.39, 0.29) is 6.04 Å². The van der Waals surface area contributed by atoms with Crippen LogP contribution in [-0.4, -0.2) is 54.2 Å². The van der Waals surface area contributed by atoms with Crippen molar-refractivity contribution in [1.29, 1.82) is 0 Å². The highest BCUT2D eigenvalue weighted by Crippen LogP contribution is 2.34. The first kappa shape index (κ1) is 25.5. The molecule has 0 amide bonds. The van der Waals surface area contributed by atoms with Crippen molar-refractivity contribution < 1.29 is 9.59 Å². The first-order valence-corrected chi connectivity index (χ1v) is 10.5. The van der Waals surface area contributed by atoms with Crippen LogP contribution >= 0.6 is 0 Å². The van der Waals surface area contributed by atoms with Gasteiger partial charge in [0.05, 0.1) is 24.0 Å². The lowest BCUT2D eigenvalue weighted by atomic mass is 10.0. The number of rotatable bonds is 8. The van der Waals surface area contributed by atoms with E-state index in [0.29, 0.717) is 6.42 Å². The molecule has 1 aromatic heterocycles. The zero-order valence-corrected chi connectivity index (χ0v) is 18.6. The highest BCUT2D eigenvalue weighted by Gasteiger charge is 2.27. The number of likely N-dealkylation sites (N-methyl/N-ethyl adjacent to an activating group) is 1. The van der Waals surface area contributed by atoms with Gasteiger partial charge in [0, 0.05) is 25.7 Å². The zero-order valence-electron chi connectivity index (χ0n) is 18.6. The van der Waals surface area contributed by atoms with Crippen LogP contribution in [0.2, 0.25) is 0 Å². The number of nitrogens with zero attached hydrogens (tertiary/aromatic N) is 3. The second kappa shape index (κ2) is 14.4. The van der Waals surface area contributed by atoms with Crippen LogP contribution < -0.4 is 16.0 Å². The minimum atomic E-state index is -0.408. The minimum absolute atomic E-state index is 0.0686. The van der Waals surface area contributed by atoms with Gasteiger partial charge in [0.2, 0.25) is 0 Å². The number of nitrogens with two attached hydrogens (primary N) is 1. The molecular weight excluding hydrogens is 380 g/mol. The molecule has 0 spiro atoms. The molecule has 4 N–H and O–H groups in total. The van der Waals surface area contributed by atoms with Crippen LogP contribution in [0.1, 0.15) is 49.9 Å². The topological polar surface area (TPSA) is 117 Å². The summed E-state index contributed by atoms with van der Waals surface area (Å²) in [7, 11) is 3.81. The highest BCUT2D eigenvalue weighted by molar-refractivity contribution is 5.75. The number of H-pyrrole nitrogens is 1. The monoisotopic (exact) mass is 416 g/mol. The molecule has 2 aromatic rings. The number of fused-ring (bicyclic) bond motifs is 1. The molecule has 2 atom stereocenters. The number of aryl methyl sites for hydroxylation is 1. The third-order valence-electron chi connectivity index (χ3n) is 4.88. The number of aromatic nitrogens is 3. The van der Waals surface area contributed by atoms with Crippen LogP contribution in [0.5, 0.6) is 0 Å². The van der Waals surface area contributed by atoms with Gasteiger partial charge >= 0.3 is 0 Å². The fourth-order valence-electron chi connectivity index (χ4n) is 3.01.